The van der Waals surface area contributed by atoms with Crippen molar-refractivity contribution < 1.29 is 0 Å². The van der Waals surface area contributed by atoms with Gasteiger partial charge in [0.2, 0.25) is 0 Å². The van der Waals surface area contributed by atoms with Crippen LogP contribution in [0, 0.1) is 0 Å². The van der Waals surface area contributed by atoms with Crippen molar-refractivity contribution >= 4 is 0 Å². The van der Waals surface area contributed by atoms with Crippen molar-refractivity contribution in [3.05, 3.63) is 12.7 Å². The highest BCUT2D eigenvalue weighted by Gasteiger charge is 2.26. The maximum atomic E-state index is 3.78. The third-order valence-corrected chi connectivity index (χ3v) is 3.08. The summed E-state index contributed by atoms with van der Waals surface area (Å²) in [6.07, 6.45) is 7.40. The van der Waals surface area contributed by atoms with Gasteiger partial charge in [0.25, 0.3) is 0 Å². The minimum atomic E-state index is 0.679. The van der Waals surface area contributed by atoms with Crippen LogP contribution < -0.4 is 5.32 Å². The summed E-state index contributed by atoms with van der Waals surface area (Å²) in [7, 11) is 4.27. The van der Waals surface area contributed by atoms with E-state index in [0.29, 0.717) is 12.1 Å². The maximum Gasteiger partial charge on any atom is 0.0249 e. The number of hydrogen-bond donors (Lipinski definition) is 1. The van der Waals surface area contributed by atoms with Crippen molar-refractivity contribution in [3.8, 4) is 0 Å². The van der Waals surface area contributed by atoms with Gasteiger partial charge in [0.05, 0.1) is 0 Å². The van der Waals surface area contributed by atoms with Crippen LogP contribution in [0.5, 0.6) is 0 Å². The lowest BCUT2D eigenvalue weighted by molar-refractivity contribution is 0.167. The number of hydrogen-bond acceptors (Lipinski definition) is 2. The topological polar surface area (TPSA) is 15.3 Å². The summed E-state index contributed by atoms with van der Waals surface area (Å²) in [6.45, 7) is 4.79. The molecular weight excluding hydrogens is 160 g/mol. The molecule has 0 spiro atoms. The lowest BCUT2D eigenvalue weighted by atomic mass is 9.89. The van der Waals surface area contributed by atoms with Gasteiger partial charge in [0, 0.05) is 18.6 Å². The van der Waals surface area contributed by atoms with Crippen molar-refractivity contribution in [2.45, 2.75) is 37.8 Å². The van der Waals surface area contributed by atoms with Crippen LogP contribution in [0.25, 0.3) is 0 Å². The first-order valence-corrected chi connectivity index (χ1v) is 5.28. The Bertz CT molecular complexity index is 156. The average molecular weight is 182 g/mol. The molecule has 1 aliphatic rings. The normalized spacial score (nSPS) is 29.2. The SMILES string of the molecule is C=CCN(C)[C@H]1CCCC[C@@H]1NC. The van der Waals surface area contributed by atoms with Crippen LogP contribution in [0.2, 0.25) is 0 Å². The van der Waals surface area contributed by atoms with E-state index in [1.165, 1.54) is 25.7 Å². The molecule has 0 unspecified atom stereocenters. The standard InChI is InChI=1S/C11H22N2/c1-4-9-13(3)11-8-6-5-7-10(11)12-2/h4,10-12H,1,5-9H2,2-3H3/t10-,11-/m0/s1. The monoisotopic (exact) mass is 182 g/mol. The fourth-order valence-corrected chi connectivity index (χ4v) is 2.31. The zero-order chi connectivity index (χ0) is 9.68. The Hall–Kier alpha value is -0.340. The smallest absolute Gasteiger partial charge is 0.0249 e. The van der Waals surface area contributed by atoms with Crippen LogP contribution in [-0.2, 0) is 0 Å². The first kappa shape index (κ1) is 10.7. The molecule has 0 bridgehead atoms. The molecule has 0 aromatic carbocycles. The third kappa shape index (κ3) is 2.82. The second kappa shape index (κ2) is 5.40. The van der Waals surface area contributed by atoms with E-state index in [1.54, 1.807) is 0 Å². The summed E-state index contributed by atoms with van der Waals surface area (Å²) >= 11 is 0. The van der Waals surface area contributed by atoms with Crippen LogP contribution in [0.3, 0.4) is 0 Å². The van der Waals surface area contributed by atoms with E-state index in [2.05, 4.69) is 30.9 Å². The van der Waals surface area contributed by atoms with E-state index >= 15 is 0 Å². The molecule has 1 saturated carbocycles. The van der Waals surface area contributed by atoms with E-state index in [1.807, 2.05) is 6.08 Å². The van der Waals surface area contributed by atoms with Gasteiger partial charge in [0.1, 0.15) is 0 Å². The Morgan fingerprint density at radius 3 is 2.77 bits per heavy atom. The Balaban J connectivity index is 2.47. The predicted molar refractivity (Wildman–Crippen MR) is 57.9 cm³/mol. The van der Waals surface area contributed by atoms with Crippen molar-refractivity contribution in [2.75, 3.05) is 20.6 Å². The van der Waals surface area contributed by atoms with Gasteiger partial charge in [-0.05, 0) is 26.9 Å². The van der Waals surface area contributed by atoms with E-state index < -0.39 is 0 Å². The van der Waals surface area contributed by atoms with Gasteiger partial charge in [-0.15, -0.1) is 6.58 Å². The highest BCUT2D eigenvalue weighted by atomic mass is 15.2. The summed E-state index contributed by atoms with van der Waals surface area (Å²) in [6, 6.07) is 1.38. The van der Waals surface area contributed by atoms with Gasteiger partial charge in [0.15, 0.2) is 0 Å². The first-order valence-electron chi connectivity index (χ1n) is 5.28. The zero-order valence-electron chi connectivity index (χ0n) is 8.92. The molecule has 1 N–H and O–H groups in total. The number of rotatable bonds is 4. The second-order valence-corrected chi connectivity index (χ2v) is 3.98. The molecule has 0 heterocycles. The van der Waals surface area contributed by atoms with Gasteiger partial charge < -0.3 is 5.32 Å². The van der Waals surface area contributed by atoms with E-state index in [9.17, 15) is 0 Å². The van der Waals surface area contributed by atoms with E-state index in [-0.39, 0.29) is 0 Å². The molecule has 1 rings (SSSR count). The van der Waals surface area contributed by atoms with Crippen LogP contribution in [0.15, 0.2) is 12.7 Å². The maximum absolute atomic E-state index is 3.78. The van der Waals surface area contributed by atoms with Crippen molar-refractivity contribution in [1.29, 1.82) is 0 Å². The van der Waals surface area contributed by atoms with Crippen LogP contribution in [0.1, 0.15) is 25.7 Å². The lowest BCUT2D eigenvalue weighted by Crippen LogP contribution is -2.49. The molecule has 1 fully saturated rings. The molecule has 13 heavy (non-hydrogen) atoms. The molecule has 0 aromatic heterocycles. The van der Waals surface area contributed by atoms with Gasteiger partial charge in [-0.1, -0.05) is 18.9 Å². The van der Waals surface area contributed by atoms with Gasteiger partial charge in [-0.2, -0.15) is 0 Å². The summed E-state index contributed by atoms with van der Waals surface area (Å²) in [4.78, 5) is 2.41. The predicted octanol–water partition coefficient (Wildman–Crippen LogP) is 1.63. The zero-order valence-corrected chi connectivity index (χ0v) is 8.92. The molecule has 2 heteroatoms. The Morgan fingerprint density at radius 2 is 2.15 bits per heavy atom. The third-order valence-electron chi connectivity index (χ3n) is 3.08. The van der Waals surface area contributed by atoms with Crippen LogP contribution in [0.4, 0.5) is 0 Å². The summed E-state index contributed by atoms with van der Waals surface area (Å²) in [5.41, 5.74) is 0. The number of nitrogens with one attached hydrogen (secondary N) is 1. The molecule has 76 valence electrons. The Morgan fingerprint density at radius 1 is 1.46 bits per heavy atom. The van der Waals surface area contributed by atoms with E-state index in [0.717, 1.165) is 6.54 Å². The fraction of sp³-hybridized carbons (Fsp3) is 0.818. The summed E-state index contributed by atoms with van der Waals surface area (Å²) in [5.74, 6) is 0. The minimum absolute atomic E-state index is 0.679. The molecule has 0 saturated heterocycles. The van der Waals surface area contributed by atoms with Crippen molar-refractivity contribution in [1.82, 2.24) is 10.2 Å². The largest absolute Gasteiger partial charge is 0.315 e. The second-order valence-electron chi connectivity index (χ2n) is 3.98. The highest BCUT2D eigenvalue weighted by molar-refractivity contribution is 4.88. The quantitative estimate of drug-likeness (QED) is 0.665. The molecule has 0 aromatic rings. The van der Waals surface area contributed by atoms with Crippen molar-refractivity contribution in [2.24, 2.45) is 0 Å². The molecular formula is C11H22N2. The molecule has 2 nitrogen and oxygen atoms in total. The first-order chi connectivity index (χ1) is 6.29. The van der Waals surface area contributed by atoms with Gasteiger partial charge in [-0.3, -0.25) is 4.90 Å². The van der Waals surface area contributed by atoms with Crippen LogP contribution in [-0.4, -0.2) is 37.6 Å². The Labute approximate surface area is 82.0 Å². The number of nitrogens with zero attached hydrogens (tertiary/aromatic N) is 1. The molecule has 0 amide bonds. The fourth-order valence-electron chi connectivity index (χ4n) is 2.31. The Kier molecular flexibility index (Phi) is 4.46. The van der Waals surface area contributed by atoms with Gasteiger partial charge in [-0.25, -0.2) is 0 Å². The number of likely N-dealkylation sites (N-methyl/N-ethyl adjacent to an activating group) is 2. The van der Waals surface area contributed by atoms with E-state index in [4.69, 9.17) is 0 Å². The van der Waals surface area contributed by atoms with Crippen molar-refractivity contribution in [3.63, 3.8) is 0 Å². The minimum Gasteiger partial charge on any atom is -0.315 e. The average Bonchev–Trinajstić information content (AvgIpc) is 2.18. The molecule has 0 radical (unpaired) electrons. The van der Waals surface area contributed by atoms with Gasteiger partial charge >= 0.3 is 0 Å². The van der Waals surface area contributed by atoms with Crippen LogP contribution >= 0.6 is 0 Å². The summed E-state index contributed by atoms with van der Waals surface area (Å²) in [5, 5.41) is 3.42. The molecule has 2 atom stereocenters. The highest BCUT2D eigenvalue weighted by Crippen LogP contribution is 2.21. The lowest BCUT2D eigenvalue weighted by Gasteiger charge is -2.37. The summed E-state index contributed by atoms with van der Waals surface area (Å²) < 4.78 is 0. The molecule has 1 aliphatic carbocycles. The molecule has 0 aliphatic heterocycles.